The molecule has 6 nitrogen and oxygen atoms in total. The smallest absolute Gasteiger partial charge is 0.339 e. The molecule has 20 heavy (non-hydrogen) atoms. The molecule has 0 aliphatic carbocycles. The summed E-state index contributed by atoms with van der Waals surface area (Å²) < 4.78 is 15.9. The third-order valence-corrected chi connectivity index (χ3v) is 3.66. The average molecular weight is 293 g/mol. The highest BCUT2D eigenvalue weighted by atomic mass is 32.1. The number of rotatable bonds is 4. The van der Waals surface area contributed by atoms with E-state index in [0.717, 1.165) is 10.7 Å². The van der Waals surface area contributed by atoms with Crippen LogP contribution in [0.4, 0.5) is 0 Å². The van der Waals surface area contributed by atoms with E-state index >= 15 is 0 Å². The maximum Gasteiger partial charge on any atom is 0.339 e. The number of hydrogen-bond donors (Lipinski definition) is 1. The van der Waals surface area contributed by atoms with Crippen LogP contribution in [0.25, 0.3) is 0 Å². The number of aryl methyl sites for hydroxylation is 1. The van der Waals surface area contributed by atoms with Gasteiger partial charge in [0.25, 0.3) is 0 Å². The molecule has 7 heteroatoms. The molecule has 0 saturated heterocycles. The van der Waals surface area contributed by atoms with Crippen molar-refractivity contribution in [2.75, 3.05) is 6.79 Å². The maximum atomic E-state index is 11.2. The van der Waals surface area contributed by atoms with Crippen molar-refractivity contribution in [3.63, 3.8) is 0 Å². The van der Waals surface area contributed by atoms with Crippen molar-refractivity contribution in [2.24, 2.45) is 0 Å². The van der Waals surface area contributed by atoms with Gasteiger partial charge in [-0.05, 0) is 6.92 Å². The monoisotopic (exact) mass is 293 g/mol. The molecule has 1 aromatic carbocycles. The van der Waals surface area contributed by atoms with Gasteiger partial charge >= 0.3 is 5.97 Å². The summed E-state index contributed by atoms with van der Waals surface area (Å²) in [4.78, 5) is 15.5. The first kappa shape index (κ1) is 12.7. The molecule has 0 amide bonds. The predicted molar refractivity (Wildman–Crippen MR) is 70.7 cm³/mol. The van der Waals surface area contributed by atoms with E-state index in [4.69, 9.17) is 14.2 Å². The van der Waals surface area contributed by atoms with Crippen LogP contribution < -0.4 is 14.2 Å². The number of aromatic carboxylic acids is 1. The zero-order chi connectivity index (χ0) is 14.1. The summed E-state index contributed by atoms with van der Waals surface area (Å²) in [5, 5.41) is 11.9. The first-order chi connectivity index (χ1) is 9.63. The molecule has 0 atom stereocenters. The molecule has 1 aliphatic rings. The van der Waals surface area contributed by atoms with Gasteiger partial charge in [0.1, 0.15) is 22.9 Å². The van der Waals surface area contributed by atoms with Crippen molar-refractivity contribution in [3.8, 4) is 17.2 Å². The Bertz CT molecular complexity index is 667. The van der Waals surface area contributed by atoms with Crippen LogP contribution in [0.3, 0.4) is 0 Å². The summed E-state index contributed by atoms with van der Waals surface area (Å²) in [6, 6.07) is 2.94. The number of benzene rings is 1. The molecule has 1 N–H and O–H groups in total. The Balaban J connectivity index is 1.86. The molecule has 0 spiro atoms. The Morgan fingerprint density at radius 1 is 1.45 bits per heavy atom. The highest BCUT2D eigenvalue weighted by Crippen LogP contribution is 2.38. The quantitative estimate of drug-likeness (QED) is 0.933. The number of hydrogen-bond acceptors (Lipinski definition) is 6. The summed E-state index contributed by atoms with van der Waals surface area (Å²) >= 11 is 1.47. The predicted octanol–water partition coefficient (Wildman–Crippen LogP) is 2.46. The third kappa shape index (κ3) is 2.39. The largest absolute Gasteiger partial charge is 0.485 e. The van der Waals surface area contributed by atoms with Crippen molar-refractivity contribution in [1.29, 1.82) is 0 Å². The highest BCUT2D eigenvalue weighted by Gasteiger charge is 2.21. The van der Waals surface area contributed by atoms with Gasteiger partial charge in [0, 0.05) is 23.2 Å². The lowest BCUT2D eigenvalue weighted by atomic mass is 10.2. The summed E-state index contributed by atoms with van der Waals surface area (Å²) in [7, 11) is 0. The summed E-state index contributed by atoms with van der Waals surface area (Å²) in [6.45, 7) is 2.20. The van der Waals surface area contributed by atoms with Gasteiger partial charge in [-0.1, -0.05) is 0 Å². The number of fused-ring (bicyclic) bond motifs is 1. The van der Waals surface area contributed by atoms with E-state index in [-0.39, 0.29) is 24.7 Å². The van der Waals surface area contributed by atoms with Gasteiger partial charge in [0.2, 0.25) is 6.79 Å². The number of nitrogens with zero attached hydrogens (tertiary/aromatic N) is 1. The van der Waals surface area contributed by atoms with E-state index < -0.39 is 5.97 Å². The van der Waals surface area contributed by atoms with Crippen molar-refractivity contribution >= 4 is 17.3 Å². The standard InChI is InChI=1S/C13H11NO5S/c1-7-5-20-12(14-7)4-17-9-3-11-10(18-6-19-11)2-8(9)13(15)16/h2-3,5H,4,6H2,1H3,(H,15,16). The topological polar surface area (TPSA) is 77.9 Å². The normalized spacial score (nSPS) is 12.4. The van der Waals surface area contributed by atoms with Gasteiger partial charge < -0.3 is 19.3 Å². The molecule has 104 valence electrons. The fourth-order valence-corrected chi connectivity index (χ4v) is 2.50. The molecule has 1 aliphatic heterocycles. The van der Waals surface area contributed by atoms with Gasteiger partial charge in [-0.2, -0.15) is 0 Å². The minimum absolute atomic E-state index is 0.0440. The second-order valence-electron chi connectivity index (χ2n) is 4.18. The van der Waals surface area contributed by atoms with E-state index in [0.29, 0.717) is 11.5 Å². The van der Waals surface area contributed by atoms with Gasteiger partial charge in [0.05, 0.1) is 0 Å². The minimum Gasteiger partial charge on any atom is -0.485 e. The Morgan fingerprint density at radius 3 is 2.85 bits per heavy atom. The molecule has 2 heterocycles. The Labute approximate surface area is 118 Å². The SMILES string of the molecule is Cc1csc(COc2cc3c(cc2C(=O)O)OCO3)n1. The van der Waals surface area contributed by atoms with Crippen LogP contribution in [-0.2, 0) is 6.61 Å². The van der Waals surface area contributed by atoms with Crippen LogP contribution in [0.15, 0.2) is 17.5 Å². The van der Waals surface area contributed by atoms with Crippen LogP contribution in [0.2, 0.25) is 0 Å². The van der Waals surface area contributed by atoms with E-state index in [9.17, 15) is 9.90 Å². The van der Waals surface area contributed by atoms with E-state index in [1.165, 1.54) is 23.5 Å². The highest BCUT2D eigenvalue weighted by molar-refractivity contribution is 7.09. The van der Waals surface area contributed by atoms with Gasteiger partial charge in [-0.25, -0.2) is 9.78 Å². The zero-order valence-electron chi connectivity index (χ0n) is 10.6. The lowest BCUT2D eigenvalue weighted by Gasteiger charge is -2.09. The first-order valence-electron chi connectivity index (χ1n) is 5.84. The van der Waals surface area contributed by atoms with Crippen molar-refractivity contribution < 1.29 is 24.1 Å². The van der Waals surface area contributed by atoms with Crippen molar-refractivity contribution in [3.05, 3.63) is 33.8 Å². The molecule has 1 aromatic heterocycles. The third-order valence-electron chi connectivity index (χ3n) is 2.72. The number of thiazole rings is 1. The maximum absolute atomic E-state index is 11.2. The average Bonchev–Trinajstić information content (AvgIpc) is 3.03. The van der Waals surface area contributed by atoms with Crippen LogP contribution in [0, 0.1) is 6.92 Å². The summed E-state index contributed by atoms with van der Waals surface area (Å²) in [5.74, 6) is 0.0726. The Kier molecular flexibility index (Phi) is 3.19. The first-order valence-corrected chi connectivity index (χ1v) is 6.72. The molecule has 3 rings (SSSR count). The van der Waals surface area contributed by atoms with Crippen LogP contribution in [0.5, 0.6) is 17.2 Å². The minimum atomic E-state index is -1.08. The Morgan fingerprint density at radius 2 is 2.20 bits per heavy atom. The van der Waals surface area contributed by atoms with E-state index in [1.807, 2.05) is 12.3 Å². The van der Waals surface area contributed by atoms with Gasteiger partial charge in [0.15, 0.2) is 11.5 Å². The van der Waals surface area contributed by atoms with Gasteiger partial charge in [-0.15, -0.1) is 11.3 Å². The molecular weight excluding hydrogens is 282 g/mol. The Hall–Kier alpha value is -2.28. The van der Waals surface area contributed by atoms with Crippen LogP contribution in [-0.4, -0.2) is 22.9 Å². The number of carboxylic acids is 1. The molecule has 0 unspecified atom stereocenters. The van der Waals surface area contributed by atoms with E-state index in [2.05, 4.69) is 4.98 Å². The van der Waals surface area contributed by atoms with Crippen LogP contribution in [0.1, 0.15) is 21.1 Å². The number of ether oxygens (including phenoxy) is 3. The van der Waals surface area contributed by atoms with Gasteiger partial charge in [-0.3, -0.25) is 0 Å². The molecule has 0 fully saturated rings. The second kappa shape index (κ2) is 5.01. The fourth-order valence-electron chi connectivity index (χ4n) is 1.82. The molecule has 0 bridgehead atoms. The van der Waals surface area contributed by atoms with Crippen molar-refractivity contribution in [1.82, 2.24) is 4.98 Å². The molecular formula is C13H11NO5S. The summed E-state index contributed by atoms with van der Waals surface area (Å²) in [5.41, 5.74) is 0.959. The molecule has 0 radical (unpaired) electrons. The zero-order valence-corrected chi connectivity index (χ0v) is 11.4. The molecule has 2 aromatic rings. The summed E-state index contributed by atoms with van der Waals surface area (Å²) in [6.07, 6.45) is 0. The fraction of sp³-hybridized carbons (Fsp3) is 0.231. The molecule has 0 saturated carbocycles. The van der Waals surface area contributed by atoms with Crippen molar-refractivity contribution in [2.45, 2.75) is 13.5 Å². The second-order valence-corrected chi connectivity index (χ2v) is 5.12. The lowest BCUT2D eigenvalue weighted by Crippen LogP contribution is -2.03. The number of carbonyl (C=O) groups is 1. The number of aromatic nitrogens is 1. The van der Waals surface area contributed by atoms with Crippen LogP contribution >= 0.6 is 11.3 Å². The number of carboxylic acid groups (broad SMARTS) is 1. The van der Waals surface area contributed by atoms with E-state index in [1.54, 1.807) is 0 Å². The lowest BCUT2D eigenvalue weighted by molar-refractivity contribution is 0.0691.